The number of ether oxygens (including phenoxy) is 2. The number of alkyl halides is 1. The van der Waals surface area contributed by atoms with E-state index in [0.717, 1.165) is 25.7 Å². The minimum atomic E-state index is -0.550. The zero-order valence-corrected chi connectivity index (χ0v) is 33.8. The summed E-state index contributed by atoms with van der Waals surface area (Å²) in [7, 11) is 6.00. The number of hydrogen-bond donors (Lipinski definition) is 0. The minimum Gasteiger partial charge on any atom is -0.462 e. The molecule has 0 saturated carbocycles. The van der Waals surface area contributed by atoms with Gasteiger partial charge in [-0.2, -0.15) is 0 Å². The van der Waals surface area contributed by atoms with Gasteiger partial charge >= 0.3 is 11.9 Å². The van der Waals surface area contributed by atoms with Crippen LogP contribution in [0.5, 0.6) is 0 Å². The van der Waals surface area contributed by atoms with Crippen LogP contribution in [0.25, 0.3) is 0 Å². The molecule has 288 valence electrons. The van der Waals surface area contributed by atoms with Gasteiger partial charge in [-0.1, -0.05) is 194 Å². The van der Waals surface area contributed by atoms with E-state index in [2.05, 4.69) is 13.8 Å². The summed E-state index contributed by atoms with van der Waals surface area (Å²) < 4.78 is 10.8. The van der Waals surface area contributed by atoms with Crippen molar-refractivity contribution in [3.8, 4) is 0 Å². The Kier molecular flexibility index (Phi) is 43.5. The molecule has 0 fully saturated rings. The Bertz CT molecular complexity index is 642. The average molecular weight is 703 g/mol. The van der Waals surface area contributed by atoms with Gasteiger partial charge < -0.3 is 14.4 Å². The minimum absolute atomic E-state index is 0.0612. The van der Waals surface area contributed by atoms with Crippen molar-refractivity contribution in [2.24, 2.45) is 0 Å². The second-order valence-corrected chi connectivity index (χ2v) is 15.0. The summed E-state index contributed by atoms with van der Waals surface area (Å²) in [5, 5.41) is 0. The van der Waals surface area contributed by atoms with Crippen LogP contribution in [-0.4, -0.2) is 56.6 Å². The summed E-state index contributed by atoms with van der Waals surface area (Å²) in [5.41, 5.74) is 0. The topological polar surface area (TPSA) is 55.8 Å². The van der Waals surface area contributed by atoms with E-state index in [1.54, 1.807) is 0 Å². The number of esters is 2. The van der Waals surface area contributed by atoms with Crippen molar-refractivity contribution >= 4 is 23.5 Å². The van der Waals surface area contributed by atoms with Gasteiger partial charge in [-0.15, -0.1) is 11.6 Å². The lowest BCUT2D eigenvalue weighted by atomic mass is 10.0. The molecule has 0 aromatic carbocycles. The molecular formula is C42H84ClNO4. The Morgan fingerprint density at radius 2 is 0.708 bits per heavy atom. The lowest BCUT2D eigenvalue weighted by molar-refractivity contribution is -0.157. The fourth-order valence-electron chi connectivity index (χ4n) is 5.89. The van der Waals surface area contributed by atoms with Gasteiger partial charge in [0.2, 0.25) is 0 Å². The van der Waals surface area contributed by atoms with Crippen molar-refractivity contribution in [2.45, 2.75) is 225 Å². The first-order valence-electron chi connectivity index (χ1n) is 20.9. The van der Waals surface area contributed by atoms with E-state index in [1.807, 2.05) is 26.0 Å². The van der Waals surface area contributed by atoms with Crippen LogP contribution < -0.4 is 0 Å². The van der Waals surface area contributed by atoms with Crippen LogP contribution in [0.15, 0.2) is 0 Å². The lowest BCUT2D eigenvalue weighted by Crippen LogP contribution is -2.26. The number of rotatable bonds is 36. The van der Waals surface area contributed by atoms with Gasteiger partial charge in [0.15, 0.2) is 0 Å². The highest BCUT2D eigenvalue weighted by molar-refractivity contribution is 6.18. The Balaban J connectivity index is 0. The van der Waals surface area contributed by atoms with Crippen molar-refractivity contribution in [1.82, 2.24) is 4.90 Å². The number of carbonyl (C=O) groups excluding carboxylic acids is 2. The third-order valence-corrected chi connectivity index (χ3v) is 9.21. The van der Waals surface area contributed by atoms with Crippen molar-refractivity contribution in [3.05, 3.63) is 0 Å². The van der Waals surface area contributed by atoms with Gasteiger partial charge in [0, 0.05) is 12.8 Å². The standard InChI is InChI=1S/C39H75ClO4.C3H9N/c1-3-5-7-9-11-13-15-17-19-21-23-25-27-29-31-33-38(41)43-36-37(35-40)44-39(42)34-32-30-28-26-24-22-20-18-16-14-12-10-8-6-4-2;1-4(2)3/h37H,3-36H2,1-2H3;1-3H3. The first-order valence-corrected chi connectivity index (χ1v) is 21.4. The van der Waals surface area contributed by atoms with Crippen LogP contribution in [0.1, 0.15) is 219 Å². The molecule has 0 aliphatic rings. The van der Waals surface area contributed by atoms with E-state index >= 15 is 0 Å². The van der Waals surface area contributed by atoms with Gasteiger partial charge in [0.25, 0.3) is 0 Å². The van der Waals surface area contributed by atoms with Crippen molar-refractivity contribution in [1.29, 1.82) is 0 Å². The van der Waals surface area contributed by atoms with Crippen LogP contribution in [-0.2, 0) is 19.1 Å². The normalized spacial score (nSPS) is 11.7. The van der Waals surface area contributed by atoms with E-state index in [-0.39, 0.29) is 24.4 Å². The van der Waals surface area contributed by atoms with E-state index in [1.165, 1.54) is 167 Å². The third kappa shape index (κ3) is 45.2. The number of halogens is 1. The largest absolute Gasteiger partial charge is 0.462 e. The van der Waals surface area contributed by atoms with Crippen molar-refractivity contribution in [2.75, 3.05) is 33.6 Å². The maximum Gasteiger partial charge on any atom is 0.306 e. The van der Waals surface area contributed by atoms with Gasteiger partial charge in [-0.05, 0) is 34.0 Å². The second-order valence-electron chi connectivity index (χ2n) is 14.7. The second kappa shape index (κ2) is 42.4. The predicted molar refractivity (Wildman–Crippen MR) is 210 cm³/mol. The molecule has 0 aromatic heterocycles. The van der Waals surface area contributed by atoms with Crippen LogP contribution >= 0.6 is 11.6 Å². The Morgan fingerprint density at radius 1 is 0.458 bits per heavy atom. The molecule has 48 heavy (non-hydrogen) atoms. The first-order chi connectivity index (χ1) is 23.4. The highest BCUT2D eigenvalue weighted by atomic mass is 35.5. The predicted octanol–water partition coefficient (Wildman–Crippen LogP) is 13.4. The highest BCUT2D eigenvalue weighted by Crippen LogP contribution is 2.16. The fourth-order valence-corrected chi connectivity index (χ4v) is 6.05. The summed E-state index contributed by atoms with van der Waals surface area (Å²) in [5.74, 6) is -0.298. The summed E-state index contributed by atoms with van der Waals surface area (Å²) in [4.78, 5) is 26.3. The van der Waals surface area contributed by atoms with Gasteiger partial charge in [-0.25, -0.2) is 0 Å². The molecule has 6 heteroatoms. The average Bonchev–Trinajstić information content (AvgIpc) is 3.06. The van der Waals surface area contributed by atoms with E-state index in [0.29, 0.717) is 12.8 Å². The molecule has 0 rings (SSSR count). The smallest absolute Gasteiger partial charge is 0.306 e. The van der Waals surface area contributed by atoms with Gasteiger partial charge in [-0.3, -0.25) is 9.59 Å². The van der Waals surface area contributed by atoms with Crippen LogP contribution in [0.3, 0.4) is 0 Å². The molecule has 0 heterocycles. The summed E-state index contributed by atoms with van der Waals surface area (Å²) in [6, 6.07) is 0. The van der Waals surface area contributed by atoms with E-state index in [4.69, 9.17) is 21.1 Å². The SMILES string of the molecule is CCCCCCCCCCCCCCCCCC(=O)OCC(CCl)OC(=O)CCCCCCCCCCCCCCCCC.CN(C)C. The maximum absolute atomic E-state index is 12.2. The lowest BCUT2D eigenvalue weighted by Gasteiger charge is -2.15. The molecule has 0 spiro atoms. The molecule has 5 nitrogen and oxygen atoms in total. The Morgan fingerprint density at radius 3 is 0.979 bits per heavy atom. The number of carbonyl (C=O) groups is 2. The van der Waals surface area contributed by atoms with Crippen molar-refractivity contribution < 1.29 is 19.1 Å². The molecule has 0 aliphatic heterocycles. The molecule has 0 aliphatic carbocycles. The van der Waals surface area contributed by atoms with Crippen LogP contribution in [0, 0.1) is 0 Å². The third-order valence-electron chi connectivity index (χ3n) is 8.87. The molecule has 0 amide bonds. The molecule has 0 aromatic rings. The monoisotopic (exact) mass is 702 g/mol. The molecular weight excluding hydrogens is 618 g/mol. The van der Waals surface area contributed by atoms with Gasteiger partial charge in [0.1, 0.15) is 12.7 Å². The Labute approximate surface area is 305 Å². The highest BCUT2D eigenvalue weighted by Gasteiger charge is 2.16. The molecule has 1 unspecified atom stereocenters. The Hall–Kier alpha value is -0.810. The zero-order valence-electron chi connectivity index (χ0n) is 33.1. The molecule has 0 saturated heterocycles. The van der Waals surface area contributed by atoms with Crippen LogP contribution in [0.2, 0.25) is 0 Å². The summed E-state index contributed by atoms with van der Waals surface area (Å²) in [6.07, 6.45) is 39.4. The molecule has 0 N–H and O–H groups in total. The summed E-state index contributed by atoms with van der Waals surface area (Å²) in [6.45, 7) is 4.61. The maximum atomic E-state index is 12.2. The van der Waals surface area contributed by atoms with E-state index < -0.39 is 6.10 Å². The number of nitrogens with zero attached hydrogens (tertiary/aromatic N) is 1. The van der Waals surface area contributed by atoms with E-state index in [9.17, 15) is 9.59 Å². The zero-order chi connectivity index (χ0) is 35.8. The van der Waals surface area contributed by atoms with Crippen molar-refractivity contribution in [3.63, 3.8) is 0 Å². The molecule has 0 bridgehead atoms. The number of hydrogen-bond acceptors (Lipinski definition) is 5. The fraction of sp³-hybridized carbons (Fsp3) is 0.952. The number of unbranched alkanes of at least 4 members (excludes halogenated alkanes) is 28. The summed E-state index contributed by atoms with van der Waals surface area (Å²) >= 11 is 5.97. The quantitative estimate of drug-likeness (QED) is 0.0370. The first kappa shape index (κ1) is 49.3. The van der Waals surface area contributed by atoms with Crippen LogP contribution in [0.4, 0.5) is 0 Å². The van der Waals surface area contributed by atoms with Gasteiger partial charge in [0.05, 0.1) is 5.88 Å². The molecule has 0 radical (unpaired) electrons. The molecule has 1 atom stereocenters.